The first-order chi connectivity index (χ1) is 9.71. The lowest BCUT2D eigenvalue weighted by atomic mass is 9.98. The number of halogens is 1. The molecule has 1 unspecified atom stereocenters. The molecule has 20 heavy (non-hydrogen) atoms. The second-order valence-electron chi connectivity index (χ2n) is 5.79. The van der Waals surface area contributed by atoms with Crippen LogP contribution in [0.15, 0.2) is 18.2 Å². The van der Waals surface area contributed by atoms with Crippen LogP contribution in [-0.2, 0) is 4.74 Å². The third-order valence-corrected chi connectivity index (χ3v) is 4.37. The van der Waals surface area contributed by atoms with Crippen molar-refractivity contribution >= 4 is 6.29 Å². The summed E-state index contributed by atoms with van der Waals surface area (Å²) in [5.74, 6) is -0.310. The Bertz CT molecular complexity index is 494. The minimum absolute atomic E-state index is 0.0539. The molecule has 1 spiro atoms. The Morgan fingerprint density at radius 3 is 2.85 bits per heavy atom. The van der Waals surface area contributed by atoms with Crippen molar-refractivity contribution in [2.24, 2.45) is 0 Å². The van der Waals surface area contributed by atoms with Crippen molar-refractivity contribution < 1.29 is 18.7 Å². The average molecular weight is 278 g/mol. The molecule has 108 valence electrons. The van der Waals surface area contributed by atoms with Gasteiger partial charge in [0, 0.05) is 5.56 Å². The summed E-state index contributed by atoms with van der Waals surface area (Å²) in [5, 5.41) is 0. The summed E-state index contributed by atoms with van der Waals surface area (Å²) in [6.07, 6.45) is 7.53. The Balaban J connectivity index is 1.56. The average Bonchev–Trinajstić information content (AvgIpc) is 3.08. The van der Waals surface area contributed by atoms with Gasteiger partial charge >= 0.3 is 0 Å². The highest BCUT2D eigenvalue weighted by Gasteiger charge is 2.42. The van der Waals surface area contributed by atoms with Crippen LogP contribution in [0, 0.1) is 5.82 Å². The van der Waals surface area contributed by atoms with Gasteiger partial charge in [0.05, 0.1) is 11.7 Å². The van der Waals surface area contributed by atoms with E-state index in [-0.39, 0.29) is 17.5 Å². The molecule has 0 aromatic heterocycles. The van der Waals surface area contributed by atoms with Gasteiger partial charge < -0.3 is 9.47 Å². The number of carbonyl (C=O) groups is 1. The van der Waals surface area contributed by atoms with Gasteiger partial charge in [-0.05, 0) is 43.9 Å². The highest BCUT2D eigenvalue weighted by atomic mass is 19.1. The molecule has 0 N–H and O–H groups in total. The quantitative estimate of drug-likeness (QED) is 0.791. The van der Waals surface area contributed by atoms with Crippen LogP contribution in [0.2, 0.25) is 0 Å². The third kappa shape index (κ3) is 2.70. The van der Waals surface area contributed by atoms with Crippen molar-refractivity contribution in [3.63, 3.8) is 0 Å². The first kappa shape index (κ1) is 13.6. The van der Waals surface area contributed by atoms with Crippen LogP contribution in [0.4, 0.5) is 4.39 Å². The summed E-state index contributed by atoms with van der Waals surface area (Å²) in [6.45, 7) is 0.374. The van der Waals surface area contributed by atoms with Gasteiger partial charge in [0.15, 0.2) is 11.6 Å². The molecule has 1 saturated carbocycles. The summed E-state index contributed by atoms with van der Waals surface area (Å²) in [6, 6.07) is 4.25. The van der Waals surface area contributed by atoms with Gasteiger partial charge in [0.1, 0.15) is 12.9 Å². The molecule has 0 amide bonds. The zero-order chi connectivity index (χ0) is 14.0. The van der Waals surface area contributed by atoms with Crippen molar-refractivity contribution in [2.75, 3.05) is 6.61 Å². The Morgan fingerprint density at radius 1 is 1.35 bits per heavy atom. The molecule has 0 radical (unpaired) electrons. The van der Waals surface area contributed by atoms with Crippen LogP contribution in [0.25, 0.3) is 0 Å². The molecule has 4 heteroatoms. The molecule has 3 rings (SSSR count). The monoisotopic (exact) mass is 278 g/mol. The van der Waals surface area contributed by atoms with Gasteiger partial charge in [-0.1, -0.05) is 12.8 Å². The SMILES string of the molecule is O=Cc1ccc(OCC2CCC3(CCCC3)O2)c(F)c1. The molecule has 1 heterocycles. The van der Waals surface area contributed by atoms with Gasteiger partial charge in [-0.15, -0.1) is 0 Å². The van der Waals surface area contributed by atoms with Crippen LogP contribution in [0.1, 0.15) is 48.9 Å². The number of aldehydes is 1. The van der Waals surface area contributed by atoms with E-state index < -0.39 is 5.82 Å². The Labute approximate surface area is 118 Å². The first-order valence-corrected chi connectivity index (χ1v) is 7.26. The van der Waals surface area contributed by atoms with Gasteiger partial charge in [-0.25, -0.2) is 4.39 Å². The minimum atomic E-state index is -0.497. The number of hydrogen-bond donors (Lipinski definition) is 0. The Kier molecular flexibility index (Phi) is 3.74. The minimum Gasteiger partial charge on any atom is -0.488 e. The number of hydrogen-bond acceptors (Lipinski definition) is 3. The molecular formula is C16H19FO3. The summed E-state index contributed by atoms with van der Waals surface area (Å²) < 4.78 is 25.3. The number of rotatable bonds is 4. The molecule has 2 aliphatic rings. The van der Waals surface area contributed by atoms with E-state index in [1.54, 1.807) is 6.07 Å². The molecule has 1 saturated heterocycles. The molecule has 2 fully saturated rings. The highest BCUT2D eigenvalue weighted by molar-refractivity contribution is 5.74. The molecule has 1 aliphatic carbocycles. The molecule has 1 aromatic carbocycles. The van der Waals surface area contributed by atoms with E-state index in [0.717, 1.165) is 25.7 Å². The van der Waals surface area contributed by atoms with Gasteiger partial charge in [0.25, 0.3) is 0 Å². The van der Waals surface area contributed by atoms with Crippen LogP contribution in [-0.4, -0.2) is 24.6 Å². The summed E-state index contributed by atoms with van der Waals surface area (Å²) in [4.78, 5) is 10.6. The van der Waals surface area contributed by atoms with Crippen LogP contribution in [0.5, 0.6) is 5.75 Å². The normalized spacial score (nSPS) is 24.1. The fraction of sp³-hybridized carbons (Fsp3) is 0.562. The summed E-state index contributed by atoms with van der Waals surface area (Å²) in [5.41, 5.74) is 0.394. The van der Waals surface area contributed by atoms with Crippen molar-refractivity contribution in [1.29, 1.82) is 0 Å². The summed E-state index contributed by atoms with van der Waals surface area (Å²) in [7, 11) is 0. The zero-order valence-electron chi connectivity index (χ0n) is 11.4. The molecule has 1 aliphatic heterocycles. The number of ether oxygens (including phenoxy) is 2. The van der Waals surface area contributed by atoms with E-state index in [0.29, 0.717) is 18.5 Å². The molecule has 1 atom stereocenters. The second-order valence-corrected chi connectivity index (χ2v) is 5.79. The number of benzene rings is 1. The maximum absolute atomic E-state index is 13.7. The molecule has 0 bridgehead atoms. The van der Waals surface area contributed by atoms with E-state index >= 15 is 0 Å². The smallest absolute Gasteiger partial charge is 0.165 e. The predicted octanol–water partition coefficient (Wildman–Crippen LogP) is 3.51. The van der Waals surface area contributed by atoms with Crippen molar-refractivity contribution in [3.05, 3.63) is 29.6 Å². The number of carbonyl (C=O) groups excluding carboxylic acids is 1. The van der Waals surface area contributed by atoms with Gasteiger partial charge in [-0.3, -0.25) is 4.79 Å². The van der Waals surface area contributed by atoms with Crippen molar-refractivity contribution in [2.45, 2.75) is 50.2 Å². The van der Waals surface area contributed by atoms with Crippen LogP contribution >= 0.6 is 0 Å². The van der Waals surface area contributed by atoms with E-state index in [9.17, 15) is 9.18 Å². The lowest BCUT2D eigenvalue weighted by Crippen LogP contribution is -2.27. The van der Waals surface area contributed by atoms with E-state index in [1.165, 1.54) is 25.0 Å². The standard InChI is InChI=1S/C16H19FO3/c17-14-9-12(10-18)3-4-15(14)19-11-13-5-8-16(20-13)6-1-2-7-16/h3-4,9-10,13H,1-2,5-8,11H2. The Hall–Kier alpha value is -1.42. The van der Waals surface area contributed by atoms with E-state index in [4.69, 9.17) is 9.47 Å². The second kappa shape index (κ2) is 5.52. The topological polar surface area (TPSA) is 35.5 Å². The lowest BCUT2D eigenvalue weighted by Gasteiger charge is -2.23. The van der Waals surface area contributed by atoms with Crippen LogP contribution < -0.4 is 4.74 Å². The maximum atomic E-state index is 13.7. The van der Waals surface area contributed by atoms with Crippen LogP contribution in [0.3, 0.4) is 0 Å². The fourth-order valence-electron chi connectivity index (χ4n) is 3.29. The van der Waals surface area contributed by atoms with Crippen molar-refractivity contribution in [3.8, 4) is 5.75 Å². The molecule has 1 aromatic rings. The first-order valence-electron chi connectivity index (χ1n) is 7.26. The Morgan fingerprint density at radius 2 is 2.15 bits per heavy atom. The third-order valence-electron chi connectivity index (χ3n) is 4.37. The molecule has 3 nitrogen and oxygen atoms in total. The maximum Gasteiger partial charge on any atom is 0.165 e. The van der Waals surface area contributed by atoms with E-state index in [2.05, 4.69) is 0 Å². The largest absolute Gasteiger partial charge is 0.488 e. The summed E-state index contributed by atoms with van der Waals surface area (Å²) >= 11 is 0. The highest BCUT2D eigenvalue weighted by Crippen LogP contribution is 2.43. The molecular weight excluding hydrogens is 259 g/mol. The van der Waals surface area contributed by atoms with Crippen molar-refractivity contribution in [1.82, 2.24) is 0 Å². The predicted molar refractivity (Wildman–Crippen MR) is 72.6 cm³/mol. The lowest BCUT2D eigenvalue weighted by molar-refractivity contribution is -0.0512. The van der Waals surface area contributed by atoms with Gasteiger partial charge in [0.2, 0.25) is 0 Å². The van der Waals surface area contributed by atoms with Gasteiger partial charge in [-0.2, -0.15) is 0 Å². The fourth-order valence-corrected chi connectivity index (χ4v) is 3.29. The van der Waals surface area contributed by atoms with E-state index in [1.807, 2.05) is 0 Å². The zero-order valence-corrected chi connectivity index (χ0v) is 11.4.